The van der Waals surface area contributed by atoms with Crippen molar-refractivity contribution in [1.29, 1.82) is 0 Å². The second kappa shape index (κ2) is 3.52. The highest BCUT2D eigenvalue weighted by atomic mass is 35.5. The van der Waals surface area contributed by atoms with Crippen LogP contribution >= 0.6 is 22.9 Å². The van der Waals surface area contributed by atoms with Gasteiger partial charge in [0.1, 0.15) is 0 Å². The molecule has 0 aliphatic carbocycles. The molecule has 0 saturated heterocycles. The molecule has 0 bridgehead atoms. The van der Waals surface area contributed by atoms with Gasteiger partial charge in [-0.25, -0.2) is 4.98 Å². The monoisotopic (exact) mass is 225 g/mol. The van der Waals surface area contributed by atoms with Crippen LogP contribution in [0.1, 0.15) is 30.3 Å². The number of hydrogen-bond donors (Lipinski definition) is 0. The zero-order chi connectivity index (χ0) is 10.3. The van der Waals surface area contributed by atoms with E-state index < -0.39 is 0 Å². The average Bonchev–Trinajstić information content (AvgIpc) is 2.47. The topological polar surface area (TPSA) is 12.9 Å². The highest BCUT2D eigenvalue weighted by molar-refractivity contribution is 7.18. The molecule has 0 spiro atoms. The van der Waals surface area contributed by atoms with Gasteiger partial charge >= 0.3 is 0 Å². The van der Waals surface area contributed by atoms with Gasteiger partial charge in [0.2, 0.25) is 0 Å². The van der Waals surface area contributed by atoms with Gasteiger partial charge in [-0.2, -0.15) is 0 Å². The van der Waals surface area contributed by atoms with E-state index in [4.69, 9.17) is 11.6 Å². The Hall–Kier alpha value is -0.600. The molecule has 0 N–H and O–H groups in total. The highest BCUT2D eigenvalue weighted by Gasteiger charge is 2.09. The summed E-state index contributed by atoms with van der Waals surface area (Å²) in [6.45, 7) is 6.38. The number of thiazole rings is 1. The summed E-state index contributed by atoms with van der Waals surface area (Å²) in [7, 11) is 0. The zero-order valence-electron chi connectivity index (χ0n) is 8.47. The van der Waals surface area contributed by atoms with Crippen LogP contribution in [-0.2, 0) is 0 Å². The highest BCUT2D eigenvalue weighted by Crippen LogP contribution is 2.31. The van der Waals surface area contributed by atoms with Crippen LogP contribution in [0.5, 0.6) is 0 Å². The van der Waals surface area contributed by atoms with Crippen molar-refractivity contribution < 1.29 is 0 Å². The minimum absolute atomic E-state index is 0.491. The Morgan fingerprint density at radius 2 is 2.07 bits per heavy atom. The quantitative estimate of drug-likeness (QED) is 0.702. The second-order valence-electron chi connectivity index (χ2n) is 3.78. The van der Waals surface area contributed by atoms with Gasteiger partial charge in [-0.15, -0.1) is 11.3 Å². The van der Waals surface area contributed by atoms with Crippen LogP contribution in [0.15, 0.2) is 12.1 Å². The number of aromatic nitrogens is 1. The van der Waals surface area contributed by atoms with E-state index in [0.717, 1.165) is 16.1 Å². The summed E-state index contributed by atoms with van der Waals surface area (Å²) in [5, 5.41) is 1.99. The van der Waals surface area contributed by atoms with Crippen LogP contribution in [0.2, 0.25) is 5.02 Å². The molecule has 1 aromatic heterocycles. The molecule has 3 heteroatoms. The predicted octanol–water partition coefficient (Wildman–Crippen LogP) is 4.38. The van der Waals surface area contributed by atoms with E-state index in [0.29, 0.717) is 5.92 Å². The summed E-state index contributed by atoms with van der Waals surface area (Å²) in [6.07, 6.45) is 0. The van der Waals surface area contributed by atoms with Gasteiger partial charge in [-0.05, 0) is 24.6 Å². The summed E-state index contributed by atoms with van der Waals surface area (Å²) < 4.78 is 1.19. The molecule has 1 heterocycles. The largest absolute Gasteiger partial charge is 0.241 e. The molecule has 0 amide bonds. The van der Waals surface area contributed by atoms with Crippen LogP contribution in [0.4, 0.5) is 0 Å². The minimum atomic E-state index is 0.491. The smallest absolute Gasteiger partial charge is 0.0964 e. The summed E-state index contributed by atoms with van der Waals surface area (Å²) in [5.41, 5.74) is 2.26. The first kappa shape index (κ1) is 9.94. The van der Waals surface area contributed by atoms with Gasteiger partial charge in [-0.1, -0.05) is 25.4 Å². The van der Waals surface area contributed by atoms with Crippen LogP contribution < -0.4 is 0 Å². The molecule has 0 radical (unpaired) electrons. The first-order valence-corrected chi connectivity index (χ1v) is 5.84. The lowest BCUT2D eigenvalue weighted by Crippen LogP contribution is -1.84. The molecule has 0 atom stereocenters. The lowest BCUT2D eigenvalue weighted by molar-refractivity contribution is 0.856. The Morgan fingerprint density at radius 3 is 2.71 bits per heavy atom. The maximum atomic E-state index is 5.99. The van der Waals surface area contributed by atoms with Crippen molar-refractivity contribution >= 4 is 33.2 Å². The molecular weight excluding hydrogens is 214 g/mol. The van der Waals surface area contributed by atoms with Crippen molar-refractivity contribution in [1.82, 2.24) is 4.98 Å². The first-order chi connectivity index (χ1) is 6.58. The van der Waals surface area contributed by atoms with E-state index in [9.17, 15) is 0 Å². The summed E-state index contributed by atoms with van der Waals surface area (Å²) in [4.78, 5) is 4.61. The van der Waals surface area contributed by atoms with Crippen molar-refractivity contribution in [3.8, 4) is 0 Å². The molecule has 74 valence electrons. The number of fused-ring (bicyclic) bond motifs is 1. The third-order valence-electron chi connectivity index (χ3n) is 2.16. The molecular formula is C11H12ClNS. The predicted molar refractivity (Wildman–Crippen MR) is 63.5 cm³/mol. The standard InChI is InChI=1S/C11H12ClNS/c1-6(2)11-13-10-7(3)4-8(12)5-9(10)14-11/h4-6H,1-3H3. The Labute approximate surface area is 92.7 Å². The Kier molecular flexibility index (Phi) is 2.50. The van der Waals surface area contributed by atoms with Gasteiger partial charge in [-0.3, -0.25) is 0 Å². The number of aryl methyl sites for hydroxylation is 1. The molecule has 14 heavy (non-hydrogen) atoms. The minimum Gasteiger partial charge on any atom is -0.241 e. The Bertz CT molecular complexity index is 473. The van der Waals surface area contributed by atoms with E-state index in [1.165, 1.54) is 9.71 Å². The fraction of sp³-hybridized carbons (Fsp3) is 0.364. The molecule has 0 saturated carbocycles. The van der Waals surface area contributed by atoms with Crippen LogP contribution in [0.3, 0.4) is 0 Å². The Morgan fingerprint density at radius 1 is 1.36 bits per heavy atom. The van der Waals surface area contributed by atoms with E-state index in [1.807, 2.05) is 12.1 Å². The van der Waals surface area contributed by atoms with Crippen molar-refractivity contribution in [2.45, 2.75) is 26.7 Å². The van der Waals surface area contributed by atoms with Crippen LogP contribution in [0, 0.1) is 6.92 Å². The van der Waals surface area contributed by atoms with E-state index in [-0.39, 0.29) is 0 Å². The maximum absolute atomic E-state index is 5.99. The van der Waals surface area contributed by atoms with E-state index in [2.05, 4.69) is 25.8 Å². The molecule has 0 aliphatic heterocycles. The van der Waals surface area contributed by atoms with Crippen molar-refractivity contribution in [3.05, 3.63) is 27.7 Å². The zero-order valence-corrected chi connectivity index (χ0v) is 10.0. The van der Waals surface area contributed by atoms with Crippen molar-refractivity contribution in [3.63, 3.8) is 0 Å². The lowest BCUT2D eigenvalue weighted by Gasteiger charge is -1.95. The fourth-order valence-corrected chi connectivity index (χ4v) is 2.84. The number of rotatable bonds is 1. The molecule has 2 rings (SSSR count). The summed E-state index contributed by atoms with van der Waals surface area (Å²) >= 11 is 7.73. The van der Waals surface area contributed by atoms with Crippen LogP contribution in [-0.4, -0.2) is 4.98 Å². The third-order valence-corrected chi connectivity index (χ3v) is 3.68. The van der Waals surface area contributed by atoms with Gasteiger partial charge in [0.25, 0.3) is 0 Å². The number of nitrogens with zero attached hydrogens (tertiary/aromatic N) is 1. The Balaban J connectivity index is 2.70. The van der Waals surface area contributed by atoms with Gasteiger partial charge in [0.05, 0.1) is 15.2 Å². The fourth-order valence-electron chi connectivity index (χ4n) is 1.42. The maximum Gasteiger partial charge on any atom is 0.0964 e. The second-order valence-corrected chi connectivity index (χ2v) is 5.27. The molecule has 0 fully saturated rings. The van der Waals surface area contributed by atoms with Crippen LogP contribution in [0.25, 0.3) is 10.2 Å². The lowest BCUT2D eigenvalue weighted by atomic mass is 10.2. The number of halogens is 1. The SMILES string of the molecule is Cc1cc(Cl)cc2sc(C(C)C)nc12. The summed E-state index contributed by atoms with van der Waals surface area (Å²) in [5.74, 6) is 0.491. The number of benzene rings is 1. The van der Waals surface area contributed by atoms with Crippen molar-refractivity contribution in [2.24, 2.45) is 0 Å². The normalized spacial score (nSPS) is 11.5. The first-order valence-electron chi connectivity index (χ1n) is 4.64. The molecule has 1 nitrogen and oxygen atoms in total. The average molecular weight is 226 g/mol. The van der Waals surface area contributed by atoms with Crippen molar-refractivity contribution in [2.75, 3.05) is 0 Å². The van der Waals surface area contributed by atoms with Gasteiger partial charge in [0, 0.05) is 10.9 Å². The molecule has 0 aliphatic rings. The van der Waals surface area contributed by atoms with Gasteiger partial charge < -0.3 is 0 Å². The number of hydrogen-bond acceptors (Lipinski definition) is 2. The van der Waals surface area contributed by atoms with E-state index in [1.54, 1.807) is 11.3 Å². The third kappa shape index (κ3) is 1.64. The molecule has 1 aromatic carbocycles. The molecule has 0 unspecified atom stereocenters. The summed E-state index contributed by atoms with van der Waals surface area (Å²) in [6, 6.07) is 3.96. The molecule has 2 aromatic rings. The van der Waals surface area contributed by atoms with Gasteiger partial charge in [0.15, 0.2) is 0 Å². The van der Waals surface area contributed by atoms with E-state index >= 15 is 0 Å².